The van der Waals surface area contributed by atoms with Crippen LogP contribution in [0.4, 0.5) is 0 Å². The van der Waals surface area contributed by atoms with E-state index in [9.17, 15) is 4.79 Å². The topological polar surface area (TPSA) is 72.2 Å². The van der Waals surface area contributed by atoms with Gasteiger partial charge in [0, 0.05) is 6.20 Å². The van der Waals surface area contributed by atoms with Crippen molar-refractivity contribution in [2.75, 3.05) is 0 Å². The van der Waals surface area contributed by atoms with Gasteiger partial charge in [-0.3, -0.25) is 4.79 Å². The Hall–Kier alpha value is -2.72. The number of fused-ring (bicyclic) bond motifs is 1. The summed E-state index contributed by atoms with van der Waals surface area (Å²) in [6.45, 7) is 5.45. The molecule has 0 aliphatic carbocycles. The molecule has 0 saturated heterocycles. The lowest BCUT2D eigenvalue weighted by molar-refractivity contribution is 0.0922. The maximum Gasteiger partial charge on any atom is 0.272 e. The van der Waals surface area contributed by atoms with Crippen molar-refractivity contribution in [3.05, 3.63) is 35.8 Å². The molecule has 1 N–H and O–H groups in total. The van der Waals surface area contributed by atoms with Crippen molar-refractivity contribution < 1.29 is 4.79 Å². The monoisotopic (exact) mass is 325 g/mol. The minimum atomic E-state index is -0.744. The summed E-state index contributed by atoms with van der Waals surface area (Å²) in [5.41, 5.74) is 1.92. The molecule has 3 rings (SSSR count). The number of nitrogens with one attached hydrogen (secondary N) is 1. The minimum absolute atomic E-state index is 0.311. The van der Waals surface area contributed by atoms with Gasteiger partial charge in [0.1, 0.15) is 5.69 Å². The zero-order valence-corrected chi connectivity index (χ0v) is 13.8. The number of aryl methyl sites for hydroxylation is 1. The van der Waals surface area contributed by atoms with E-state index < -0.39 is 5.54 Å². The molecule has 7 heteroatoms. The summed E-state index contributed by atoms with van der Waals surface area (Å²) < 4.78 is 5.64. The second-order valence-electron chi connectivity index (χ2n) is 5.69. The van der Waals surface area contributed by atoms with Crippen LogP contribution in [0.5, 0.6) is 0 Å². The number of imidazole rings is 1. The molecule has 0 aliphatic heterocycles. The quantitative estimate of drug-likeness (QED) is 0.750. The van der Waals surface area contributed by atoms with Crippen LogP contribution in [0.1, 0.15) is 29.9 Å². The van der Waals surface area contributed by atoms with E-state index in [-0.39, 0.29) is 5.91 Å². The Kier molecular flexibility index (Phi) is 3.62. The number of terminal acetylenes is 1. The Morgan fingerprint density at radius 1 is 1.48 bits per heavy atom. The molecule has 1 amide bonds. The van der Waals surface area contributed by atoms with Crippen LogP contribution < -0.4 is 5.32 Å². The standard InChI is InChI=1S/C16H15N5OS/c1-5-16(3,4)19-15(22)12-9-17-14-10(2)8-11(20-21(12)14)13-6-7-18-23-13/h1,6-9H,2-4H3,(H,19,22). The lowest BCUT2D eigenvalue weighted by Gasteiger charge is -2.19. The summed E-state index contributed by atoms with van der Waals surface area (Å²) in [6, 6.07) is 3.82. The molecule has 3 heterocycles. The fraction of sp³-hybridized carbons (Fsp3) is 0.250. The van der Waals surface area contributed by atoms with Crippen LogP contribution >= 0.6 is 11.5 Å². The third kappa shape index (κ3) is 2.81. The van der Waals surface area contributed by atoms with Crippen LogP contribution in [0, 0.1) is 19.3 Å². The van der Waals surface area contributed by atoms with Gasteiger partial charge in [-0.1, -0.05) is 5.92 Å². The second-order valence-corrected chi connectivity index (χ2v) is 6.52. The predicted molar refractivity (Wildman–Crippen MR) is 89.2 cm³/mol. The Morgan fingerprint density at radius 2 is 2.26 bits per heavy atom. The van der Waals surface area contributed by atoms with E-state index in [4.69, 9.17) is 6.42 Å². The molecule has 0 fully saturated rings. The SMILES string of the molecule is C#CC(C)(C)NC(=O)c1cnc2c(C)cc(-c3ccns3)nn12. The van der Waals surface area contributed by atoms with Crippen LogP contribution in [0.3, 0.4) is 0 Å². The van der Waals surface area contributed by atoms with Gasteiger partial charge in [0.25, 0.3) is 5.91 Å². The summed E-state index contributed by atoms with van der Waals surface area (Å²) in [6.07, 6.45) is 8.65. The first-order valence-electron chi connectivity index (χ1n) is 6.98. The molecule has 6 nitrogen and oxygen atoms in total. The van der Waals surface area contributed by atoms with E-state index in [1.165, 1.54) is 17.7 Å². The summed E-state index contributed by atoms with van der Waals surface area (Å²) in [7, 11) is 0. The third-order valence-corrected chi connectivity index (χ3v) is 4.13. The van der Waals surface area contributed by atoms with Crippen LogP contribution in [0.2, 0.25) is 0 Å². The average Bonchev–Trinajstić information content (AvgIpc) is 3.16. The highest BCUT2D eigenvalue weighted by Crippen LogP contribution is 2.23. The minimum Gasteiger partial charge on any atom is -0.335 e. The number of rotatable bonds is 3. The van der Waals surface area contributed by atoms with Gasteiger partial charge in [-0.15, -0.1) is 6.42 Å². The molecule has 0 radical (unpaired) electrons. The Balaban J connectivity index is 2.09. The van der Waals surface area contributed by atoms with Crippen molar-refractivity contribution in [3.63, 3.8) is 0 Å². The molecular weight excluding hydrogens is 310 g/mol. The summed E-state index contributed by atoms with van der Waals surface area (Å²) in [5.74, 6) is 2.23. The molecule has 0 unspecified atom stereocenters. The summed E-state index contributed by atoms with van der Waals surface area (Å²) in [5, 5.41) is 7.32. The van der Waals surface area contributed by atoms with Gasteiger partial charge >= 0.3 is 0 Å². The molecule has 23 heavy (non-hydrogen) atoms. The second kappa shape index (κ2) is 5.48. The highest BCUT2D eigenvalue weighted by Gasteiger charge is 2.22. The number of hydrogen-bond donors (Lipinski definition) is 1. The largest absolute Gasteiger partial charge is 0.335 e. The van der Waals surface area contributed by atoms with Crippen molar-refractivity contribution in [2.45, 2.75) is 26.3 Å². The predicted octanol–water partition coefficient (Wildman–Crippen LogP) is 2.30. The normalized spacial score (nSPS) is 11.4. The number of carbonyl (C=O) groups is 1. The first kappa shape index (κ1) is 15.2. The molecular formula is C16H15N5OS. The zero-order valence-electron chi connectivity index (χ0n) is 13.0. The van der Waals surface area contributed by atoms with Gasteiger partial charge in [-0.2, -0.15) is 5.10 Å². The maximum atomic E-state index is 12.5. The molecule has 116 valence electrons. The zero-order chi connectivity index (χ0) is 16.6. The fourth-order valence-electron chi connectivity index (χ4n) is 2.13. The van der Waals surface area contributed by atoms with Crippen molar-refractivity contribution in [1.82, 2.24) is 24.3 Å². The van der Waals surface area contributed by atoms with E-state index in [0.717, 1.165) is 16.1 Å². The Bertz CT molecular complexity index is 918. The van der Waals surface area contributed by atoms with Gasteiger partial charge < -0.3 is 5.32 Å². The van der Waals surface area contributed by atoms with Crippen LogP contribution in [0.15, 0.2) is 24.5 Å². The number of hydrogen-bond acceptors (Lipinski definition) is 5. The smallest absolute Gasteiger partial charge is 0.272 e. The highest BCUT2D eigenvalue weighted by atomic mass is 32.1. The van der Waals surface area contributed by atoms with E-state index in [0.29, 0.717) is 11.3 Å². The van der Waals surface area contributed by atoms with E-state index in [2.05, 4.69) is 25.7 Å². The molecule has 0 saturated carbocycles. The molecule has 3 aromatic rings. The van der Waals surface area contributed by atoms with Gasteiger partial charge in [0.15, 0.2) is 11.3 Å². The lowest BCUT2D eigenvalue weighted by atomic mass is 10.1. The Labute approximate surface area is 137 Å². The molecule has 0 spiro atoms. The third-order valence-electron chi connectivity index (χ3n) is 3.36. The van der Waals surface area contributed by atoms with E-state index >= 15 is 0 Å². The number of aromatic nitrogens is 4. The fourth-order valence-corrected chi connectivity index (χ4v) is 2.68. The van der Waals surface area contributed by atoms with Crippen molar-refractivity contribution >= 4 is 23.1 Å². The first-order valence-corrected chi connectivity index (χ1v) is 7.75. The van der Waals surface area contributed by atoms with E-state index in [1.807, 2.05) is 19.1 Å². The van der Waals surface area contributed by atoms with Gasteiger partial charge in [0.05, 0.1) is 16.6 Å². The van der Waals surface area contributed by atoms with E-state index in [1.54, 1.807) is 24.6 Å². The van der Waals surface area contributed by atoms with Gasteiger partial charge in [-0.05, 0) is 50.0 Å². The first-order chi connectivity index (χ1) is 10.9. The molecule has 0 bridgehead atoms. The number of carbonyl (C=O) groups excluding carboxylic acids is 1. The highest BCUT2D eigenvalue weighted by molar-refractivity contribution is 7.09. The summed E-state index contributed by atoms with van der Waals surface area (Å²) in [4.78, 5) is 17.7. The maximum absolute atomic E-state index is 12.5. The molecule has 0 aliphatic rings. The number of nitrogens with zero attached hydrogens (tertiary/aromatic N) is 4. The Morgan fingerprint density at radius 3 is 2.91 bits per heavy atom. The van der Waals surface area contributed by atoms with Gasteiger partial charge in [-0.25, -0.2) is 13.9 Å². The van der Waals surface area contributed by atoms with Gasteiger partial charge in [0.2, 0.25) is 0 Å². The van der Waals surface area contributed by atoms with Crippen LogP contribution in [-0.2, 0) is 0 Å². The molecule has 3 aromatic heterocycles. The average molecular weight is 325 g/mol. The van der Waals surface area contributed by atoms with Crippen molar-refractivity contribution in [2.24, 2.45) is 0 Å². The summed E-state index contributed by atoms with van der Waals surface area (Å²) >= 11 is 1.35. The lowest BCUT2D eigenvalue weighted by Crippen LogP contribution is -2.42. The molecule has 0 aromatic carbocycles. The number of amides is 1. The van der Waals surface area contributed by atoms with Crippen LogP contribution in [0.25, 0.3) is 16.2 Å². The van der Waals surface area contributed by atoms with Crippen molar-refractivity contribution in [3.8, 4) is 22.9 Å². The van der Waals surface area contributed by atoms with Crippen molar-refractivity contribution in [1.29, 1.82) is 0 Å². The molecule has 0 atom stereocenters. The van der Waals surface area contributed by atoms with Crippen LogP contribution in [-0.4, -0.2) is 30.4 Å².